The highest BCUT2D eigenvalue weighted by molar-refractivity contribution is 8.15. The molecule has 3 heterocycles. The largest absolute Gasteiger partial charge is 0.368 e. The molecule has 3 saturated heterocycles. The van der Waals surface area contributed by atoms with Crippen LogP contribution < -0.4 is 0 Å². The van der Waals surface area contributed by atoms with Gasteiger partial charge >= 0.3 is 0 Å². The van der Waals surface area contributed by atoms with Crippen molar-refractivity contribution in [3.8, 4) is 0 Å². The van der Waals surface area contributed by atoms with Crippen LogP contribution in [0.5, 0.6) is 0 Å². The number of rotatable bonds is 4. The van der Waals surface area contributed by atoms with E-state index in [1.165, 1.54) is 17.3 Å². The SMILES string of the molecule is O=C(N=C1S[C@@H]2CS(=O)(=O)C[C@@H]2N1CCc1ccccc1)[C@H]1CCCO1. The van der Waals surface area contributed by atoms with Crippen molar-refractivity contribution >= 4 is 32.7 Å². The maximum Gasteiger partial charge on any atom is 0.277 e. The highest BCUT2D eigenvalue weighted by atomic mass is 32.2. The highest BCUT2D eigenvalue weighted by Crippen LogP contribution is 2.38. The first-order chi connectivity index (χ1) is 12.5. The van der Waals surface area contributed by atoms with Crippen LogP contribution in [0.4, 0.5) is 0 Å². The van der Waals surface area contributed by atoms with E-state index in [2.05, 4.69) is 17.1 Å². The van der Waals surface area contributed by atoms with Crippen LogP contribution in [0.2, 0.25) is 0 Å². The molecule has 3 atom stereocenters. The van der Waals surface area contributed by atoms with Crippen LogP contribution in [0.25, 0.3) is 0 Å². The zero-order valence-electron chi connectivity index (χ0n) is 14.4. The predicted octanol–water partition coefficient (Wildman–Crippen LogP) is 1.51. The van der Waals surface area contributed by atoms with Gasteiger partial charge in [-0.1, -0.05) is 42.1 Å². The van der Waals surface area contributed by atoms with Crippen molar-refractivity contribution < 1.29 is 17.9 Å². The van der Waals surface area contributed by atoms with Crippen molar-refractivity contribution in [2.45, 2.75) is 36.7 Å². The molecule has 1 amide bonds. The molecule has 140 valence electrons. The summed E-state index contributed by atoms with van der Waals surface area (Å²) in [5.41, 5.74) is 1.19. The van der Waals surface area contributed by atoms with Gasteiger partial charge in [0.15, 0.2) is 15.0 Å². The fourth-order valence-electron chi connectivity index (χ4n) is 3.73. The van der Waals surface area contributed by atoms with Crippen LogP contribution >= 0.6 is 11.8 Å². The number of carbonyl (C=O) groups is 1. The molecule has 0 bridgehead atoms. The number of benzene rings is 1. The number of thioether (sulfide) groups is 1. The summed E-state index contributed by atoms with van der Waals surface area (Å²) in [7, 11) is -3.02. The molecular formula is C18H22N2O4S2. The van der Waals surface area contributed by atoms with Gasteiger partial charge in [-0.15, -0.1) is 0 Å². The van der Waals surface area contributed by atoms with Crippen molar-refractivity contribution in [3.05, 3.63) is 35.9 Å². The van der Waals surface area contributed by atoms with Crippen molar-refractivity contribution in [3.63, 3.8) is 0 Å². The molecule has 1 aromatic rings. The van der Waals surface area contributed by atoms with Crippen molar-refractivity contribution in [1.29, 1.82) is 0 Å². The Labute approximate surface area is 157 Å². The summed E-state index contributed by atoms with van der Waals surface area (Å²) in [6, 6.07) is 9.98. The summed E-state index contributed by atoms with van der Waals surface area (Å²) in [5.74, 6) is 0.0710. The van der Waals surface area contributed by atoms with Gasteiger partial charge in [0.25, 0.3) is 5.91 Å². The van der Waals surface area contributed by atoms with Crippen LogP contribution in [0, 0.1) is 0 Å². The molecule has 8 heteroatoms. The van der Waals surface area contributed by atoms with Crippen molar-refractivity contribution in [2.24, 2.45) is 4.99 Å². The molecule has 0 N–H and O–H groups in total. The molecule has 0 aromatic heterocycles. The quantitative estimate of drug-likeness (QED) is 0.770. The van der Waals surface area contributed by atoms with Gasteiger partial charge in [0.1, 0.15) is 6.10 Å². The van der Waals surface area contributed by atoms with Gasteiger partial charge in [0.05, 0.1) is 17.5 Å². The standard InChI is InChI=1S/C18H22N2O4S2/c21-17(15-7-4-10-24-15)19-18-20(9-8-13-5-2-1-3-6-13)14-11-26(22,23)12-16(14)25-18/h1-3,5-6,14-16H,4,7-12H2/t14-,15+,16+/m0/s1. The molecule has 6 nitrogen and oxygen atoms in total. The summed E-state index contributed by atoms with van der Waals surface area (Å²) < 4.78 is 29.5. The minimum absolute atomic E-state index is 0.0354. The first kappa shape index (κ1) is 18.0. The zero-order valence-corrected chi connectivity index (χ0v) is 16.0. The average Bonchev–Trinajstić information content (AvgIpc) is 3.29. The smallest absolute Gasteiger partial charge is 0.277 e. The summed E-state index contributed by atoms with van der Waals surface area (Å²) in [6.45, 7) is 1.26. The number of hydrogen-bond donors (Lipinski definition) is 0. The Hall–Kier alpha value is -1.38. The van der Waals surface area contributed by atoms with Crippen molar-refractivity contribution in [2.75, 3.05) is 24.7 Å². The van der Waals surface area contributed by atoms with Gasteiger partial charge < -0.3 is 9.64 Å². The lowest BCUT2D eigenvalue weighted by molar-refractivity contribution is -0.126. The second-order valence-electron chi connectivity index (χ2n) is 6.96. The monoisotopic (exact) mass is 394 g/mol. The van der Waals surface area contributed by atoms with Gasteiger partial charge in [0.2, 0.25) is 0 Å². The number of carbonyl (C=O) groups excluding carboxylic acids is 1. The molecule has 0 spiro atoms. The third-order valence-electron chi connectivity index (χ3n) is 5.07. The predicted molar refractivity (Wildman–Crippen MR) is 102 cm³/mol. The van der Waals surface area contributed by atoms with E-state index in [0.717, 1.165) is 12.8 Å². The number of sulfone groups is 1. The first-order valence-corrected chi connectivity index (χ1v) is 11.6. The molecule has 0 radical (unpaired) electrons. The number of amides is 1. The van der Waals surface area contributed by atoms with Crippen molar-refractivity contribution in [1.82, 2.24) is 4.90 Å². The Kier molecular flexibility index (Phi) is 5.07. The average molecular weight is 395 g/mol. The number of ether oxygens (including phenoxy) is 1. The van der Waals surface area contributed by atoms with Crippen LogP contribution in [0.1, 0.15) is 18.4 Å². The van der Waals surface area contributed by atoms with Gasteiger partial charge in [-0.2, -0.15) is 4.99 Å². The molecule has 0 unspecified atom stereocenters. The lowest BCUT2D eigenvalue weighted by Crippen LogP contribution is -2.39. The van der Waals surface area contributed by atoms with Crippen LogP contribution in [0.15, 0.2) is 35.3 Å². The fourth-order valence-corrected chi connectivity index (χ4v) is 7.71. The van der Waals surface area contributed by atoms with Crippen LogP contribution in [-0.4, -0.2) is 66.4 Å². The Morgan fingerprint density at radius 3 is 2.81 bits per heavy atom. The Balaban J connectivity index is 1.53. The molecule has 26 heavy (non-hydrogen) atoms. The molecule has 0 saturated carbocycles. The van der Waals surface area contributed by atoms with E-state index in [1.54, 1.807) is 0 Å². The van der Waals surface area contributed by atoms with E-state index < -0.39 is 15.9 Å². The van der Waals surface area contributed by atoms with E-state index in [-0.39, 0.29) is 28.7 Å². The van der Waals surface area contributed by atoms with E-state index in [9.17, 15) is 13.2 Å². The number of amidine groups is 1. The van der Waals surface area contributed by atoms with E-state index in [0.29, 0.717) is 24.7 Å². The molecule has 3 aliphatic rings. The summed E-state index contributed by atoms with van der Waals surface area (Å²) >= 11 is 1.43. The van der Waals surface area contributed by atoms with Crippen LogP contribution in [0.3, 0.4) is 0 Å². The topological polar surface area (TPSA) is 76.0 Å². The summed E-state index contributed by atoms with van der Waals surface area (Å²) in [6.07, 6.45) is 1.95. The lowest BCUT2D eigenvalue weighted by Gasteiger charge is -2.24. The minimum atomic E-state index is -3.02. The fraction of sp³-hybridized carbons (Fsp3) is 0.556. The summed E-state index contributed by atoms with van der Waals surface area (Å²) in [5, 5.41) is 0.623. The Bertz CT molecular complexity index is 804. The molecular weight excluding hydrogens is 372 g/mol. The van der Waals surface area contributed by atoms with Crippen LogP contribution in [-0.2, 0) is 25.8 Å². The van der Waals surface area contributed by atoms with Gasteiger partial charge in [-0.25, -0.2) is 8.42 Å². The molecule has 3 aliphatic heterocycles. The third-order valence-corrected chi connectivity index (χ3v) is 8.32. The minimum Gasteiger partial charge on any atom is -0.368 e. The number of hydrogen-bond acceptors (Lipinski definition) is 5. The second-order valence-corrected chi connectivity index (χ2v) is 10.3. The molecule has 3 fully saturated rings. The van der Waals surface area contributed by atoms with Gasteiger partial charge in [0, 0.05) is 18.4 Å². The van der Waals surface area contributed by atoms with E-state index >= 15 is 0 Å². The van der Waals surface area contributed by atoms with Gasteiger partial charge in [-0.3, -0.25) is 4.79 Å². The first-order valence-electron chi connectivity index (χ1n) is 8.94. The maximum atomic E-state index is 12.4. The Morgan fingerprint density at radius 2 is 2.08 bits per heavy atom. The number of fused-ring (bicyclic) bond motifs is 1. The van der Waals surface area contributed by atoms with E-state index in [1.807, 2.05) is 23.1 Å². The maximum absolute atomic E-state index is 12.4. The molecule has 0 aliphatic carbocycles. The number of nitrogens with zero attached hydrogens (tertiary/aromatic N) is 2. The third kappa shape index (κ3) is 3.82. The Morgan fingerprint density at radius 1 is 1.27 bits per heavy atom. The highest BCUT2D eigenvalue weighted by Gasteiger charge is 2.48. The normalized spacial score (nSPS) is 31.5. The number of aliphatic imine (C=N–C) groups is 1. The molecule has 1 aromatic carbocycles. The van der Waals surface area contributed by atoms with Gasteiger partial charge in [-0.05, 0) is 24.8 Å². The zero-order chi connectivity index (χ0) is 18.1. The van der Waals surface area contributed by atoms with E-state index in [4.69, 9.17) is 4.74 Å². The molecule has 4 rings (SSSR count). The lowest BCUT2D eigenvalue weighted by atomic mass is 10.1. The second kappa shape index (κ2) is 7.32. The summed E-state index contributed by atoms with van der Waals surface area (Å²) in [4.78, 5) is 18.8.